The normalized spacial score (nSPS) is 25.0. The molecule has 1 atom stereocenters. The number of amides is 1. The van der Waals surface area contributed by atoms with Crippen molar-refractivity contribution in [3.63, 3.8) is 0 Å². The number of piperidine rings is 1. The van der Waals surface area contributed by atoms with E-state index in [4.69, 9.17) is 0 Å². The fraction of sp³-hybridized carbons (Fsp3) is 0.714. The highest BCUT2D eigenvalue weighted by atomic mass is 16.6. The number of likely N-dealkylation sites (tertiary alicyclic amines) is 1. The Hall–Kier alpha value is -2.16. The van der Waals surface area contributed by atoms with Gasteiger partial charge in [-0.25, -0.2) is 0 Å². The monoisotopic (exact) mass is 323 g/mol. The molecule has 0 aliphatic carbocycles. The molecule has 2 aliphatic heterocycles. The van der Waals surface area contributed by atoms with Crippen LogP contribution in [0.15, 0.2) is 6.33 Å². The first-order chi connectivity index (χ1) is 10.9. The zero-order valence-corrected chi connectivity index (χ0v) is 13.1. The molecule has 2 fully saturated rings. The van der Waals surface area contributed by atoms with Gasteiger partial charge in [-0.05, 0) is 35.6 Å². The number of imidazole rings is 1. The maximum absolute atomic E-state index is 12.6. The van der Waals surface area contributed by atoms with E-state index in [0.29, 0.717) is 38.3 Å². The molecule has 0 spiro atoms. The number of nitro groups is 1. The summed E-state index contributed by atoms with van der Waals surface area (Å²) in [5.41, 5.74) is -1.49. The molecular weight excluding hydrogens is 302 g/mol. The van der Waals surface area contributed by atoms with Gasteiger partial charge in [0.05, 0.1) is 6.54 Å². The van der Waals surface area contributed by atoms with E-state index in [9.17, 15) is 20.0 Å². The molecule has 0 radical (unpaired) electrons. The first kappa shape index (κ1) is 15.7. The Morgan fingerprint density at radius 1 is 1.35 bits per heavy atom. The summed E-state index contributed by atoms with van der Waals surface area (Å²) in [6, 6.07) is 0. The average Bonchev–Trinajstić information content (AvgIpc) is 3.15. The predicted octanol–water partition coefficient (Wildman–Crippen LogP) is 0.282. The number of β-amino-alcohol motifs (C(OH)–C–C–N with tert-alkyl or cyclic N) is 1. The third-order valence-electron chi connectivity index (χ3n) is 4.62. The molecule has 0 saturated carbocycles. The Morgan fingerprint density at radius 2 is 2.04 bits per heavy atom. The second-order valence-corrected chi connectivity index (χ2v) is 6.32. The Morgan fingerprint density at radius 3 is 2.70 bits per heavy atom. The number of hydrogen-bond donors (Lipinski definition) is 1. The molecule has 0 aromatic carbocycles. The van der Waals surface area contributed by atoms with E-state index in [-0.39, 0.29) is 18.3 Å². The van der Waals surface area contributed by atoms with Crippen LogP contribution in [0.2, 0.25) is 0 Å². The van der Waals surface area contributed by atoms with Crippen molar-refractivity contribution in [1.29, 1.82) is 0 Å². The van der Waals surface area contributed by atoms with Crippen molar-refractivity contribution in [3.05, 3.63) is 16.4 Å². The molecule has 3 heterocycles. The fourth-order valence-electron chi connectivity index (χ4n) is 3.51. The molecule has 1 unspecified atom stereocenters. The van der Waals surface area contributed by atoms with Gasteiger partial charge in [-0.2, -0.15) is 0 Å². The fourth-order valence-corrected chi connectivity index (χ4v) is 3.51. The van der Waals surface area contributed by atoms with Crippen molar-refractivity contribution in [1.82, 2.24) is 14.5 Å². The van der Waals surface area contributed by atoms with Crippen molar-refractivity contribution < 1.29 is 14.8 Å². The zero-order chi connectivity index (χ0) is 16.6. The topological polar surface area (TPSA) is 105 Å². The SMILES string of the molecule is Cn1cnc([N+](=O)[O-])c1N1CCCC(O)(C(=O)N2CCCC2)C1. The van der Waals surface area contributed by atoms with Crippen LogP contribution >= 0.6 is 0 Å². The minimum absolute atomic E-state index is 0.0582. The highest BCUT2D eigenvalue weighted by molar-refractivity contribution is 5.86. The Balaban J connectivity index is 1.84. The summed E-state index contributed by atoms with van der Waals surface area (Å²) in [6.07, 6.45) is 4.27. The average molecular weight is 323 g/mol. The molecular formula is C14H21N5O4. The summed E-state index contributed by atoms with van der Waals surface area (Å²) < 4.78 is 1.56. The van der Waals surface area contributed by atoms with Gasteiger partial charge in [0.1, 0.15) is 0 Å². The number of rotatable bonds is 3. The maximum atomic E-state index is 12.6. The van der Waals surface area contributed by atoms with Gasteiger partial charge in [-0.3, -0.25) is 9.36 Å². The summed E-state index contributed by atoms with van der Waals surface area (Å²) in [6.45, 7) is 1.96. The van der Waals surface area contributed by atoms with E-state index in [1.807, 2.05) is 0 Å². The lowest BCUT2D eigenvalue weighted by Crippen LogP contribution is -2.58. The highest BCUT2D eigenvalue weighted by Gasteiger charge is 2.45. The summed E-state index contributed by atoms with van der Waals surface area (Å²) in [4.78, 5) is 30.4. The molecule has 1 amide bonds. The van der Waals surface area contributed by atoms with E-state index in [2.05, 4.69) is 4.98 Å². The number of hydrogen-bond acceptors (Lipinski definition) is 6. The van der Waals surface area contributed by atoms with Crippen molar-refractivity contribution >= 4 is 17.5 Å². The Labute approximate surface area is 133 Å². The molecule has 23 heavy (non-hydrogen) atoms. The molecule has 2 saturated heterocycles. The second-order valence-electron chi connectivity index (χ2n) is 6.32. The molecule has 1 aromatic rings. The van der Waals surface area contributed by atoms with Crippen LogP contribution in [-0.4, -0.2) is 62.2 Å². The number of carbonyl (C=O) groups is 1. The largest absolute Gasteiger partial charge is 0.406 e. The van der Waals surface area contributed by atoms with Crippen molar-refractivity contribution in [2.24, 2.45) is 7.05 Å². The quantitative estimate of drug-likeness (QED) is 0.633. The van der Waals surface area contributed by atoms with Gasteiger partial charge >= 0.3 is 5.82 Å². The minimum atomic E-state index is -1.49. The number of aryl methyl sites for hydroxylation is 1. The Bertz CT molecular complexity index is 625. The molecule has 3 rings (SSSR count). The lowest BCUT2D eigenvalue weighted by atomic mass is 9.91. The summed E-state index contributed by atoms with van der Waals surface area (Å²) in [7, 11) is 1.67. The van der Waals surface area contributed by atoms with E-state index >= 15 is 0 Å². The summed E-state index contributed by atoms with van der Waals surface area (Å²) in [5, 5.41) is 22.0. The minimum Gasteiger partial charge on any atom is -0.378 e. The number of carbonyl (C=O) groups excluding carboxylic acids is 1. The second kappa shape index (κ2) is 5.80. The van der Waals surface area contributed by atoms with Crippen LogP contribution in [0.3, 0.4) is 0 Å². The molecule has 1 N–H and O–H groups in total. The number of anilines is 1. The van der Waals surface area contributed by atoms with Crippen molar-refractivity contribution in [3.8, 4) is 0 Å². The predicted molar refractivity (Wildman–Crippen MR) is 82.1 cm³/mol. The Kier molecular flexibility index (Phi) is 3.97. The van der Waals surface area contributed by atoms with Crippen LogP contribution < -0.4 is 4.90 Å². The third-order valence-corrected chi connectivity index (χ3v) is 4.62. The molecule has 126 valence electrons. The number of aliphatic hydroxyl groups is 1. The lowest BCUT2D eigenvalue weighted by Gasteiger charge is -2.40. The van der Waals surface area contributed by atoms with Gasteiger partial charge < -0.3 is 25.0 Å². The van der Waals surface area contributed by atoms with Crippen LogP contribution in [0.4, 0.5) is 11.6 Å². The van der Waals surface area contributed by atoms with Crippen molar-refractivity contribution in [2.75, 3.05) is 31.1 Å². The van der Waals surface area contributed by atoms with Crippen molar-refractivity contribution in [2.45, 2.75) is 31.3 Å². The third kappa shape index (κ3) is 2.76. The summed E-state index contributed by atoms with van der Waals surface area (Å²) in [5.74, 6) is -0.169. The molecule has 9 nitrogen and oxygen atoms in total. The summed E-state index contributed by atoms with van der Waals surface area (Å²) >= 11 is 0. The van der Waals surface area contributed by atoms with Gasteiger partial charge in [0, 0.05) is 26.7 Å². The van der Waals surface area contributed by atoms with Gasteiger partial charge in [0.15, 0.2) is 5.60 Å². The smallest absolute Gasteiger partial charge is 0.378 e. The maximum Gasteiger partial charge on any atom is 0.406 e. The van der Waals surface area contributed by atoms with Crippen LogP contribution in [0.25, 0.3) is 0 Å². The van der Waals surface area contributed by atoms with Crippen LogP contribution in [0.5, 0.6) is 0 Å². The zero-order valence-electron chi connectivity index (χ0n) is 13.1. The van der Waals surface area contributed by atoms with E-state index in [0.717, 1.165) is 12.8 Å². The molecule has 9 heteroatoms. The molecule has 2 aliphatic rings. The number of aromatic nitrogens is 2. The van der Waals surface area contributed by atoms with Gasteiger partial charge in [0.25, 0.3) is 5.91 Å². The van der Waals surface area contributed by atoms with Crippen LogP contribution in [0.1, 0.15) is 25.7 Å². The lowest BCUT2D eigenvalue weighted by molar-refractivity contribution is -0.388. The van der Waals surface area contributed by atoms with Gasteiger partial charge in [-0.15, -0.1) is 0 Å². The van der Waals surface area contributed by atoms with Gasteiger partial charge in [-0.1, -0.05) is 0 Å². The standard InChI is InChI=1S/C14H21N5O4/c1-16-10-15-11(19(22)23)12(16)18-8-4-5-14(21,9-18)13(20)17-6-2-3-7-17/h10,21H,2-9H2,1H3. The first-order valence-corrected chi connectivity index (χ1v) is 7.85. The van der Waals surface area contributed by atoms with E-state index in [1.165, 1.54) is 6.33 Å². The van der Waals surface area contributed by atoms with Crippen LogP contribution in [0, 0.1) is 10.1 Å². The van der Waals surface area contributed by atoms with Crippen LogP contribution in [-0.2, 0) is 11.8 Å². The first-order valence-electron chi connectivity index (χ1n) is 7.85. The van der Waals surface area contributed by atoms with E-state index < -0.39 is 10.5 Å². The number of nitrogens with zero attached hydrogens (tertiary/aromatic N) is 5. The molecule has 0 bridgehead atoms. The van der Waals surface area contributed by atoms with Gasteiger partial charge in [0.2, 0.25) is 12.1 Å². The van der Waals surface area contributed by atoms with E-state index in [1.54, 1.807) is 21.4 Å². The molecule has 1 aromatic heterocycles. The highest BCUT2D eigenvalue weighted by Crippen LogP contribution is 2.32.